The number of hydrogen-bond acceptors (Lipinski definition) is 4. The molecule has 0 aliphatic carbocycles. The first-order valence-corrected chi connectivity index (χ1v) is 8.06. The highest BCUT2D eigenvalue weighted by Crippen LogP contribution is 2.24. The molecule has 0 radical (unpaired) electrons. The van der Waals surface area contributed by atoms with Crippen LogP contribution in [0.25, 0.3) is 0 Å². The van der Waals surface area contributed by atoms with E-state index in [9.17, 15) is 0 Å². The molecule has 0 spiro atoms. The Morgan fingerprint density at radius 2 is 2.33 bits per heavy atom. The van der Waals surface area contributed by atoms with Gasteiger partial charge in [0.15, 0.2) is 0 Å². The average Bonchev–Trinajstić information content (AvgIpc) is 2.90. The number of aromatic nitrogens is 1. The van der Waals surface area contributed by atoms with Gasteiger partial charge < -0.3 is 5.32 Å². The fourth-order valence-corrected chi connectivity index (χ4v) is 3.25. The molecule has 96 valence electrons. The molecule has 2 rings (SSSR count). The molecule has 2 nitrogen and oxygen atoms in total. The maximum atomic E-state index is 4.30. The van der Waals surface area contributed by atoms with Gasteiger partial charge in [-0.2, -0.15) is 0 Å². The van der Waals surface area contributed by atoms with Crippen LogP contribution in [0.5, 0.6) is 0 Å². The lowest BCUT2D eigenvalue weighted by Gasteiger charge is -2.05. The summed E-state index contributed by atoms with van der Waals surface area (Å²) in [4.78, 5) is 5.62. The quantitative estimate of drug-likeness (QED) is 0.613. The van der Waals surface area contributed by atoms with Crippen molar-refractivity contribution in [3.8, 4) is 0 Å². The van der Waals surface area contributed by atoms with Gasteiger partial charge in [-0.3, -0.25) is 0 Å². The van der Waals surface area contributed by atoms with Crippen molar-refractivity contribution in [2.45, 2.75) is 30.5 Å². The third kappa shape index (κ3) is 4.44. The minimum atomic E-state index is 0.958. The molecular formula is C14H18N2S2. The second-order valence-electron chi connectivity index (χ2n) is 4.04. The molecule has 1 heterocycles. The van der Waals surface area contributed by atoms with Crippen LogP contribution in [0.1, 0.15) is 23.9 Å². The number of thioether (sulfide) groups is 1. The molecule has 0 bridgehead atoms. The van der Waals surface area contributed by atoms with Crippen molar-refractivity contribution in [3.63, 3.8) is 0 Å². The Morgan fingerprint density at radius 1 is 1.39 bits per heavy atom. The first-order valence-electron chi connectivity index (χ1n) is 6.19. The van der Waals surface area contributed by atoms with E-state index >= 15 is 0 Å². The molecule has 0 saturated heterocycles. The van der Waals surface area contributed by atoms with E-state index in [-0.39, 0.29) is 0 Å². The molecule has 2 aromatic rings. The summed E-state index contributed by atoms with van der Waals surface area (Å²) in [6.07, 6.45) is 3.05. The highest BCUT2D eigenvalue weighted by molar-refractivity contribution is 7.98. The number of nitrogens with zero attached hydrogens (tertiary/aromatic N) is 1. The third-order valence-corrected chi connectivity index (χ3v) is 4.47. The minimum Gasteiger partial charge on any atom is -0.313 e. The molecule has 0 fully saturated rings. The van der Waals surface area contributed by atoms with Crippen LogP contribution in [0.4, 0.5) is 0 Å². The van der Waals surface area contributed by atoms with Crippen molar-refractivity contribution in [1.29, 1.82) is 0 Å². The van der Waals surface area contributed by atoms with Crippen molar-refractivity contribution in [1.82, 2.24) is 10.3 Å². The number of thiazole rings is 1. The highest BCUT2D eigenvalue weighted by Gasteiger charge is 2.00. The zero-order valence-corrected chi connectivity index (χ0v) is 12.2. The lowest BCUT2D eigenvalue weighted by Crippen LogP contribution is -2.13. The standard InChI is InChI=1S/C14H18N2S2/c1-2-6-15-10-12-4-3-5-13(9-12)18-11-14-16-7-8-17-14/h3-5,7-9,15H,2,6,10-11H2,1H3. The van der Waals surface area contributed by atoms with Gasteiger partial charge in [0, 0.05) is 23.0 Å². The molecule has 0 aliphatic rings. The average molecular weight is 278 g/mol. The van der Waals surface area contributed by atoms with Crippen LogP contribution >= 0.6 is 23.1 Å². The lowest BCUT2D eigenvalue weighted by atomic mass is 10.2. The monoisotopic (exact) mass is 278 g/mol. The van der Waals surface area contributed by atoms with Gasteiger partial charge in [-0.05, 0) is 30.7 Å². The van der Waals surface area contributed by atoms with E-state index in [0.29, 0.717) is 0 Å². The number of benzene rings is 1. The Labute approximate surface area is 117 Å². The molecule has 0 unspecified atom stereocenters. The topological polar surface area (TPSA) is 24.9 Å². The van der Waals surface area contributed by atoms with Gasteiger partial charge in [-0.1, -0.05) is 19.1 Å². The zero-order valence-electron chi connectivity index (χ0n) is 10.6. The van der Waals surface area contributed by atoms with E-state index in [1.165, 1.54) is 21.9 Å². The Morgan fingerprint density at radius 3 is 3.11 bits per heavy atom. The van der Waals surface area contributed by atoms with Crippen molar-refractivity contribution in [3.05, 3.63) is 46.4 Å². The second kappa shape index (κ2) is 7.56. The summed E-state index contributed by atoms with van der Waals surface area (Å²) in [5.74, 6) is 0.962. The summed E-state index contributed by atoms with van der Waals surface area (Å²) in [5, 5.41) is 6.65. The molecule has 0 saturated carbocycles. The zero-order chi connectivity index (χ0) is 12.6. The van der Waals surface area contributed by atoms with Gasteiger partial charge in [-0.25, -0.2) is 4.98 Å². The van der Waals surface area contributed by atoms with Gasteiger partial charge in [0.1, 0.15) is 5.01 Å². The van der Waals surface area contributed by atoms with E-state index in [2.05, 4.69) is 41.5 Å². The largest absolute Gasteiger partial charge is 0.313 e. The lowest BCUT2D eigenvalue weighted by molar-refractivity contribution is 0.674. The molecule has 0 atom stereocenters. The number of hydrogen-bond donors (Lipinski definition) is 1. The molecular weight excluding hydrogens is 260 g/mol. The van der Waals surface area contributed by atoms with Gasteiger partial charge in [-0.15, -0.1) is 23.1 Å². The Hall–Kier alpha value is -0.840. The van der Waals surface area contributed by atoms with Crippen LogP contribution < -0.4 is 5.32 Å². The summed E-state index contributed by atoms with van der Waals surface area (Å²) in [6.45, 7) is 4.23. The molecule has 18 heavy (non-hydrogen) atoms. The molecule has 0 amide bonds. The maximum absolute atomic E-state index is 4.30. The van der Waals surface area contributed by atoms with Crippen LogP contribution in [0.15, 0.2) is 40.7 Å². The number of nitrogens with one attached hydrogen (secondary N) is 1. The van der Waals surface area contributed by atoms with E-state index in [1.54, 1.807) is 11.3 Å². The van der Waals surface area contributed by atoms with Crippen LogP contribution in [0.2, 0.25) is 0 Å². The fraction of sp³-hybridized carbons (Fsp3) is 0.357. The van der Waals surface area contributed by atoms with Crippen LogP contribution in [0.3, 0.4) is 0 Å². The predicted octanol–water partition coefficient (Wildman–Crippen LogP) is 3.94. The van der Waals surface area contributed by atoms with Gasteiger partial charge in [0.2, 0.25) is 0 Å². The fourth-order valence-electron chi connectivity index (χ4n) is 1.62. The second-order valence-corrected chi connectivity index (χ2v) is 6.07. The summed E-state index contributed by atoms with van der Waals surface area (Å²) in [7, 11) is 0. The van der Waals surface area contributed by atoms with Gasteiger partial charge in [0.25, 0.3) is 0 Å². The normalized spacial score (nSPS) is 10.7. The minimum absolute atomic E-state index is 0.958. The van der Waals surface area contributed by atoms with Gasteiger partial charge >= 0.3 is 0 Å². The van der Waals surface area contributed by atoms with Crippen LogP contribution in [-0.2, 0) is 12.3 Å². The van der Waals surface area contributed by atoms with Crippen molar-refractivity contribution >= 4 is 23.1 Å². The Balaban J connectivity index is 1.86. The molecule has 1 aromatic heterocycles. The third-order valence-electron chi connectivity index (χ3n) is 2.50. The maximum Gasteiger partial charge on any atom is 0.103 e. The van der Waals surface area contributed by atoms with Crippen LogP contribution in [-0.4, -0.2) is 11.5 Å². The SMILES string of the molecule is CCCNCc1cccc(SCc2nccs2)c1. The smallest absolute Gasteiger partial charge is 0.103 e. The molecule has 4 heteroatoms. The molecule has 1 aromatic carbocycles. The van der Waals surface area contributed by atoms with Gasteiger partial charge in [0.05, 0.1) is 5.75 Å². The van der Waals surface area contributed by atoms with E-state index < -0.39 is 0 Å². The Bertz CT molecular complexity index is 455. The molecule has 1 N–H and O–H groups in total. The summed E-state index contributed by atoms with van der Waals surface area (Å²) in [5.41, 5.74) is 1.35. The first-order chi connectivity index (χ1) is 8.88. The van der Waals surface area contributed by atoms with E-state index in [1.807, 2.05) is 23.3 Å². The summed E-state index contributed by atoms with van der Waals surface area (Å²) >= 11 is 3.57. The first kappa shape index (κ1) is 13.6. The Kier molecular flexibility index (Phi) is 5.71. The summed E-state index contributed by atoms with van der Waals surface area (Å²) < 4.78 is 0. The number of rotatable bonds is 7. The predicted molar refractivity (Wildman–Crippen MR) is 80.1 cm³/mol. The summed E-state index contributed by atoms with van der Waals surface area (Å²) in [6, 6.07) is 8.74. The van der Waals surface area contributed by atoms with Crippen LogP contribution in [0, 0.1) is 0 Å². The van der Waals surface area contributed by atoms with Crippen molar-refractivity contribution < 1.29 is 0 Å². The van der Waals surface area contributed by atoms with E-state index in [4.69, 9.17) is 0 Å². The van der Waals surface area contributed by atoms with Crippen molar-refractivity contribution in [2.24, 2.45) is 0 Å². The molecule has 0 aliphatic heterocycles. The highest BCUT2D eigenvalue weighted by atomic mass is 32.2. The van der Waals surface area contributed by atoms with Crippen molar-refractivity contribution in [2.75, 3.05) is 6.54 Å². The van der Waals surface area contributed by atoms with E-state index in [0.717, 1.165) is 18.8 Å².